The standard InChI is InChI=1S/C9H5NO8/c11-10(12)9-17-7-5-3(13-1-15-5)4-6(8(7)18-9)16-2-14-4/h9H,1-2H2. The number of fused-ring (bicyclic) bond motifs is 6. The monoisotopic (exact) mass is 255 g/mol. The first-order valence-electron chi connectivity index (χ1n) is 4.97. The Morgan fingerprint density at radius 2 is 1.22 bits per heavy atom. The van der Waals surface area contributed by atoms with Gasteiger partial charge in [0, 0.05) is 0 Å². The summed E-state index contributed by atoms with van der Waals surface area (Å²) in [7, 11) is 0. The first kappa shape index (κ1) is 9.45. The normalized spacial score (nSPS) is 18.2. The van der Waals surface area contributed by atoms with Crippen molar-refractivity contribution in [2.45, 2.75) is 6.41 Å². The predicted molar refractivity (Wildman–Crippen MR) is 50.7 cm³/mol. The molecular weight excluding hydrogens is 250 g/mol. The molecule has 18 heavy (non-hydrogen) atoms. The van der Waals surface area contributed by atoms with E-state index in [2.05, 4.69) is 0 Å². The summed E-state index contributed by atoms with van der Waals surface area (Å²) >= 11 is 0. The Morgan fingerprint density at radius 3 is 1.61 bits per heavy atom. The molecule has 0 amide bonds. The number of ether oxygens (including phenoxy) is 6. The van der Waals surface area contributed by atoms with Gasteiger partial charge in [0.1, 0.15) is 4.92 Å². The number of rotatable bonds is 1. The molecule has 0 aromatic heterocycles. The van der Waals surface area contributed by atoms with Crippen LogP contribution in [0.1, 0.15) is 0 Å². The summed E-state index contributed by atoms with van der Waals surface area (Å²) in [6, 6.07) is 0. The second kappa shape index (κ2) is 3.00. The summed E-state index contributed by atoms with van der Waals surface area (Å²) in [6.45, 7) is -0.0395. The molecule has 0 unspecified atom stereocenters. The predicted octanol–water partition coefficient (Wildman–Crippen LogP) is 0.475. The minimum atomic E-state index is -1.62. The second-order valence-corrected chi connectivity index (χ2v) is 3.62. The van der Waals surface area contributed by atoms with Crippen LogP contribution in [-0.2, 0) is 0 Å². The maximum Gasteiger partial charge on any atom is 0.518 e. The zero-order valence-corrected chi connectivity index (χ0v) is 8.70. The third-order valence-electron chi connectivity index (χ3n) is 2.66. The number of nitrogens with zero attached hydrogens (tertiary/aromatic N) is 1. The van der Waals surface area contributed by atoms with E-state index in [1.54, 1.807) is 0 Å². The Labute approximate surface area is 98.8 Å². The molecule has 0 atom stereocenters. The maximum absolute atomic E-state index is 10.7. The summed E-state index contributed by atoms with van der Waals surface area (Å²) in [4.78, 5) is 9.98. The van der Waals surface area contributed by atoms with Crippen LogP contribution >= 0.6 is 0 Å². The van der Waals surface area contributed by atoms with Gasteiger partial charge < -0.3 is 28.4 Å². The molecule has 0 N–H and O–H groups in total. The number of hydrogen-bond acceptors (Lipinski definition) is 8. The summed E-state index contributed by atoms with van der Waals surface area (Å²) in [5.74, 6) is 1.31. The van der Waals surface area contributed by atoms with Gasteiger partial charge in [-0.2, -0.15) is 0 Å². The summed E-state index contributed by atoms with van der Waals surface area (Å²) in [5, 5.41) is 10.7. The molecule has 0 saturated carbocycles. The van der Waals surface area contributed by atoms with Crippen LogP contribution in [0.25, 0.3) is 0 Å². The highest BCUT2D eigenvalue weighted by Crippen LogP contribution is 2.62. The fourth-order valence-corrected chi connectivity index (χ4v) is 1.96. The quantitative estimate of drug-likeness (QED) is 0.527. The molecule has 0 radical (unpaired) electrons. The van der Waals surface area contributed by atoms with E-state index < -0.39 is 11.3 Å². The Balaban J connectivity index is 1.92. The molecule has 9 heteroatoms. The van der Waals surface area contributed by atoms with Gasteiger partial charge >= 0.3 is 6.41 Å². The Bertz CT molecular complexity index is 527. The number of hydrogen-bond donors (Lipinski definition) is 0. The Morgan fingerprint density at radius 1 is 0.833 bits per heavy atom. The smallest absolute Gasteiger partial charge is 0.449 e. The van der Waals surface area contributed by atoms with Crippen molar-refractivity contribution >= 4 is 0 Å². The first-order chi connectivity index (χ1) is 8.75. The lowest BCUT2D eigenvalue weighted by Crippen LogP contribution is -2.27. The van der Waals surface area contributed by atoms with Crippen LogP contribution in [0.5, 0.6) is 34.5 Å². The van der Waals surface area contributed by atoms with Gasteiger partial charge in [-0.25, -0.2) is 0 Å². The zero-order valence-electron chi connectivity index (χ0n) is 8.70. The van der Waals surface area contributed by atoms with E-state index in [0.29, 0.717) is 11.5 Å². The molecule has 0 aliphatic carbocycles. The molecule has 4 rings (SSSR count). The third-order valence-corrected chi connectivity index (χ3v) is 2.66. The minimum Gasteiger partial charge on any atom is -0.449 e. The number of benzene rings is 1. The fraction of sp³-hybridized carbons (Fsp3) is 0.333. The molecule has 0 saturated heterocycles. The van der Waals surface area contributed by atoms with Gasteiger partial charge in [-0.1, -0.05) is 0 Å². The molecule has 94 valence electrons. The average Bonchev–Trinajstić information content (AvgIpc) is 3.06. The number of nitro groups is 1. The molecule has 1 aromatic carbocycles. The van der Waals surface area contributed by atoms with Crippen LogP contribution < -0.4 is 28.4 Å². The minimum absolute atomic E-state index is 0.0198. The van der Waals surface area contributed by atoms with Crippen LogP contribution in [0.15, 0.2) is 0 Å². The van der Waals surface area contributed by atoms with Crippen LogP contribution in [-0.4, -0.2) is 24.9 Å². The van der Waals surface area contributed by atoms with E-state index in [1.165, 1.54) is 0 Å². The van der Waals surface area contributed by atoms with Gasteiger partial charge in [0.15, 0.2) is 0 Å². The van der Waals surface area contributed by atoms with Gasteiger partial charge in [-0.15, -0.1) is 0 Å². The highest BCUT2D eigenvalue weighted by molar-refractivity contribution is 5.75. The fourth-order valence-electron chi connectivity index (χ4n) is 1.96. The molecule has 9 nitrogen and oxygen atoms in total. The molecule has 0 fully saturated rings. The first-order valence-corrected chi connectivity index (χ1v) is 4.97. The van der Waals surface area contributed by atoms with Crippen molar-refractivity contribution in [2.24, 2.45) is 0 Å². The van der Waals surface area contributed by atoms with Crippen molar-refractivity contribution in [1.82, 2.24) is 0 Å². The highest BCUT2D eigenvalue weighted by atomic mass is 16.8. The van der Waals surface area contributed by atoms with Crippen molar-refractivity contribution in [3.8, 4) is 34.5 Å². The van der Waals surface area contributed by atoms with Crippen LogP contribution in [0.2, 0.25) is 0 Å². The van der Waals surface area contributed by atoms with Crippen molar-refractivity contribution in [2.75, 3.05) is 13.6 Å². The van der Waals surface area contributed by atoms with Crippen molar-refractivity contribution in [1.29, 1.82) is 0 Å². The topological polar surface area (TPSA) is 98.5 Å². The van der Waals surface area contributed by atoms with Gasteiger partial charge in [0.05, 0.1) is 0 Å². The average molecular weight is 255 g/mol. The third kappa shape index (κ3) is 1.00. The molecule has 0 bridgehead atoms. The van der Waals surface area contributed by atoms with E-state index >= 15 is 0 Å². The molecular formula is C9H5NO8. The molecule has 3 heterocycles. The summed E-state index contributed by atoms with van der Waals surface area (Å²) < 4.78 is 31.0. The second-order valence-electron chi connectivity index (χ2n) is 3.62. The lowest BCUT2D eigenvalue weighted by Gasteiger charge is -2.04. The van der Waals surface area contributed by atoms with E-state index in [9.17, 15) is 10.1 Å². The van der Waals surface area contributed by atoms with Crippen LogP contribution in [0.3, 0.4) is 0 Å². The molecule has 0 spiro atoms. The van der Waals surface area contributed by atoms with Crippen molar-refractivity contribution in [3.05, 3.63) is 10.1 Å². The van der Waals surface area contributed by atoms with E-state index in [4.69, 9.17) is 28.4 Å². The lowest BCUT2D eigenvalue weighted by atomic mass is 10.2. The Kier molecular flexibility index (Phi) is 1.58. The van der Waals surface area contributed by atoms with E-state index in [0.717, 1.165) is 0 Å². The lowest BCUT2D eigenvalue weighted by molar-refractivity contribution is -0.600. The van der Waals surface area contributed by atoms with Gasteiger partial charge in [0.25, 0.3) is 0 Å². The van der Waals surface area contributed by atoms with Gasteiger partial charge in [0.2, 0.25) is 48.1 Å². The van der Waals surface area contributed by atoms with E-state index in [1.807, 2.05) is 0 Å². The molecule has 3 aliphatic rings. The molecule has 1 aromatic rings. The largest absolute Gasteiger partial charge is 0.518 e. The van der Waals surface area contributed by atoms with Gasteiger partial charge in [-0.3, -0.25) is 10.1 Å². The Hall–Kier alpha value is -2.58. The zero-order chi connectivity index (χ0) is 12.3. The summed E-state index contributed by atoms with van der Waals surface area (Å²) in [5.41, 5.74) is 0. The van der Waals surface area contributed by atoms with Crippen molar-refractivity contribution in [3.63, 3.8) is 0 Å². The highest BCUT2D eigenvalue weighted by Gasteiger charge is 2.45. The summed E-state index contributed by atoms with van der Waals surface area (Å²) in [6.07, 6.45) is -1.62. The molecule has 3 aliphatic heterocycles. The van der Waals surface area contributed by atoms with Crippen molar-refractivity contribution < 1.29 is 33.3 Å². The van der Waals surface area contributed by atoms with Crippen LogP contribution in [0, 0.1) is 10.1 Å². The maximum atomic E-state index is 10.7. The SMILES string of the molecule is O=[N+]([O-])C1Oc2c3c(c4c(c2O1)OCO4)OCO3. The van der Waals surface area contributed by atoms with Gasteiger partial charge in [-0.05, 0) is 0 Å². The van der Waals surface area contributed by atoms with E-state index in [-0.39, 0.29) is 36.6 Å². The van der Waals surface area contributed by atoms with Crippen LogP contribution in [0.4, 0.5) is 0 Å².